The minimum Gasteiger partial charge on any atom is -0.460 e. The Kier molecular flexibility index (Phi) is 3.93. The van der Waals surface area contributed by atoms with Crippen molar-refractivity contribution < 1.29 is 9.21 Å². The van der Waals surface area contributed by atoms with E-state index < -0.39 is 0 Å². The molecule has 0 radical (unpaired) electrons. The lowest BCUT2D eigenvalue weighted by Gasteiger charge is -2.19. The Morgan fingerprint density at radius 3 is 2.40 bits per heavy atom. The highest BCUT2D eigenvalue weighted by atomic mass is 16.3. The molecular weight excluding hydrogens is 254 g/mol. The van der Waals surface area contributed by atoms with Crippen LogP contribution in [0.3, 0.4) is 0 Å². The molecule has 106 valence electrons. The number of carbonyl (C=O) groups is 1. The van der Waals surface area contributed by atoms with Gasteiger partial charge in [-0.05, 0) is 45.4 Å². The maximum absolute atomic E-state index is 12.6. The molecule has 0 aliphatic carbocycles. The van der Waals surface area contributed by atoms with E-state index >= 15 is 0 Å². The first-order chi connectivity index (χ1) is 9.47. The van der Waals surface area contributed by atoms with Gasteiger partial charge in [-0.2, -0.15) is 0 Å². The van der Waals surface area contributed by atoms with Crippen LogP contribution < -0.4 is 5.43 Å². The normalized spacial score (nSPS) is 10.8. The molecule has 0 fully saturated rings. The predicted molar refractivity (Wildman–Crippen MR) is 79.2 cm³/mol. The zero-order valence-corrected chi connectivity index (χ0v) is 12.3. The Balaban J connectivity index is 2.75. The molecule has 2 aromatic rings. The van der Waals surface area contributed by atoms with Crippen LogP contribution in [0.1, 0.15) is 35.5 Å². The van der Waals surface area contributed by atoms with Crippen LogP contribution in [-0.2, 0) is 0 Å². The molecule has 0 aliphatic heterocycles. The Bertz CT molecular complexity index is 711. The average Bonchev–Trinajstić information content (AvgIpc) is 2.40. The molecular formula is C16H19NO3. The van der Waals surface area contributed by atoms with E-state index in [1.165, 1.54) is 6.07 Å². The highest BCUT2D eigenvalue weighted by Crippen LogP contribution is 2.21. The zero-order chi connectivity index (χ0) is 14.9. The molecule has 0 unspecified atom stereocenters. The van der Waals surface area contributed by atoms with Crippen molar-refractivity contribution in [2.24, 2.45) is 0 Å². The lowest BCUT2D eigenvalue weighted by molar-refractivity contribution is 0.0773. The predicted octanol–water partition coefficient (Wildman–Crippen LogP) is 2.89. The van der Waals surface area contributed by atoms with Gasteiger partial charge in [0.25, 0.3) is 5.91 Å². The van der Waals surface area contributed by atoms with Crippen LogP contribution in [-0.4, -0.2) is 23.9 Å². The topological polar surface area (TPSA) is 50.5 Å². The fourth-order valence-electron chi connectivity index (χ4n) is 2.36. The standard InChI is InChI=1S/C16H19NO3/c1-5-17(6-2)16(19)13-8-10(3)7-12-14(18)9-11(4)20-15(12)13/h7-9H,5-6H2,1-4H3. The Hall–Kier alpha value is -2.10. The molecule has 0 saturated carbocycles. The van der Waals surface area contributed by atoms with Gasteiger partial charge in [-0.25, -0.2) is 0 Å². The molecule has 1 amide bonds. The molecule has 2 rings (SSSR count). The van der Waals surface area contributed by atoms with Crippen molar-refractivity contribution in [2.75, 3.05) is 13.1 Å². The molecule has 20 heavy (non-hydrogen) atoms. The monoisotopic (exact) mass is 273 g/mol. The number of benzene rings is 1. The average molecular weight is 273 g/mol. The van der Waals surface area contributed by atoms with E-state index in [9.17, 15) is 9.59 Å². The van der Waals surface area contributed by atoms with Gasteiger partial charge in [-0.15, -0.1) is 0 Å². The first kappa shape index (κ1) is 14.3. The SMILES string of the molecule is CCN(CC)C(=O)c1cc(C)cc2c(=O)cc(C)oc12. The molecule has 4 nitrogen and oxygen atoms in total. The minimum atomic E-state index is -0.110. The molecule has 0 atom stereocenters. The van der Waals surface area contributed by atoms with Gasteiger partial charge in [0.15, 0.2) is 11.0 Å². The molecule has 0 spiro atoms. The van der Waals surface area contributed by atoms with Gasteiger partial charge in [0.1, 0.15) is 5.76 Å². The third kappa shape index (κ3) is 2.46. The summed E-state index contributed by atoms with van der Waals surface area (Å²) in [5, 5.41) is 0.464. The second-order valence-electron chi connectivity index (χ2n) is 4.89. The lowest BCUT2D eigenvalue weighted by Crippen LogP contribution is -2.30. The maximum Gasteiger partial charge on any atom is 0.257 e. The van der Waals surface area contributed by atoms with Crippen molar-refractivity contribution in [1.29, 1.82) is 0 Å². The smallest absolute Gasteiger partial charge is 0.257 e. The van der Waals surface area contributed by atoms with Crippen LogP contribution in [0.25, 0.3) is 11.0 Å². The summed E-state index contributed by atoms with van der Waals surface area (Å²) >= 11 is 0. The van der Waals surface area contributed by atoms with Crippen molar-refractivity contribution in [1.82, 2.24) is 4.90 Å². The van der Waals surface area contributed by atoms with Crippen molar-refractivity contribution in [3.63, 3.8) is 0 Å². The summed E-state index contributed by atoms with van der Waals surface area (Å²) in [6.07, 6.45) is 0. The summed E-state index contributed by atoms with van der Waals surface area (Å²) in [5.74, 6) is 0.414. The van der Waals surface area contributed by atoms with E-state index in [1.807, 2.05) is 20.8 Å². The Labute approximate surface area is 118 Å². The van der Waals surface area contributed by atoms with Crippen LogP contribution in [0.5, 0.6) is 0 Å². The van der Waals surface area contributed by atoms with E-state index in [1.54, 1.807) is 24.0 Å². The summed E-state index contributed by atoms with van der Waals surface area (Å²) in [6, 6.07) is 5.00. The largest absolute Gasteiger partial charge is 0.460 e. The van der Waals surface area contributed by atoms with Crippen LogP contribution in [0, 0.1) is 13.8 Å². The van der Waals surface area contributed by atoms with Gasteiger partial charge in [0.05, 0.1) is 10.9 Å². The fourth-order valence-corrected chi connectivity index (χ4v) is 2.36. The van der Waals surface area contributed by atoms with E-state index in [-0.39, 0.29) is 11.3 Å². The Morgan fingerprint density at radius 1 is 1.15 bits per heavy atom. The van der Waals surface area contributed by atoms with Gasteiger partial charge in [0, 0.05) is 19.2 Å². The Morgan fingerprint density at radius 2 is 1.80 bits per heavy atom. The van der Waals surface area contributed by atoms with E-state index in [0.29, 0.717) is 35.4 Å². The molecule has 0 N–H and O–H groups in total. The summed E-state index contributed by atoms with van der Waals surface area (Å²) < 4.78 is 5.64. The number of carbonyl (C=O) groups excluding carboxylic acids is 1. The van der Waals surface area contributed by atoms with Crippen molar-refractivity contribution in [2.45, 2.75) is 27.7 Å². The van der Waals surface area contributed by atoms with Gasteiger partial charge in [0.2, 0.25) is 0 Å². The molecule has 0 saturated heterocycles. The lowest BCUT2D eigenvalue weighted by atomic mass is 10.1. The third-order valence-corrected chi connectivity index (χ3v) is 3.38. The van der Waals surface area contributed by atoms with Crippen molar-refractivity contribution in [3.05, 3.63) is 45.3 Å². The number of nitrogens with zero attached hydrogens (tertiary/aromatic N) is 1. The number of rotatable bonds is 3. The van der Waals surface area contributed by atoms with E-state index in [2.05, 4.69) is 0 Å². The van der Waals surface area contributed by atoms with Gasteiger partial charge in [-0.3, -0.25) is 9.59 Å². The minimum absolute atomic E-state index is 0.0996. The molecule has 0 aliphatic rings. The number of fused-ring (bicyclic) bond motifs is 1. The zero-order valence-electron chi connectivity index (χ0n) is 12.3. The second kappa shape index (κ2) is 5.49. The van der Waals surface area contributed by atoms with Crippen LogP contribution in [0.4, 0.5) is 0 Å². The molecule has 1 aromatic heterocycles. The van der Waals surface area contributed by atoms with Gasteiger partial charge >= 0.3 is 0 Å². The number of amides is 1. The number of hydrogen-bond donors (Lipinski definition) is 0. The highest BCUT2D eigenvalue weighted by Gasteiger charge is 2.19. The van der Waals surface area contributed by atoms with E-state index in [4.69, 9.17) is 4.42 Å². The van der Waals surface area contributed by atoms with E-state index in [0.717, 1.165) is 5.56 Å². The number of hydrogen-bond acceptors (Lipinski definition) is 3. The van der Waals surface area contributed by atoms with Crippen LogP contribution >= 0.6 is 0 Å². The quantitative estimate of drug-likeness (QED) is 0.864. The van der Waals surface area contributed by atoms with Gasteiger partial charge < -0.3 is 9.32 Å². The van der Waals surface area contributed by atoms with Crippen molar-refractivity contribution in [3.8, 4) is 0 Å². The first-order valence-electron chi connectivity index (χ1n) is 6.82. The first-order valence-corrected chi connectivity index (χ1v) is 6.82. The summed E-state index contributed by atoms with van der Waals surface area (Å²) in [4.78, 5) is 26.3. The molecule has 1 aromatic carbocycles. The number of aryl methyl sites for hydroxylation is 2. The molecule has 4 heteroatoms. The van der Waals surface area contributed by atoms with Crippen molar-refractivity contribution >= 4 is 16.9 Å². The second-order valence-corrected chi connectivity index (χ2v) is 4.89. The third-order valence-electron chi connectivity index (χ3n) is 3.38. The fraction of sp³-hybridized carbons (Fsp3) is 0.375. The summed E-state index contributed by atoms with van der Waals surface area (Å²) in [6.45, 7) is 8.70. The summed E-state index contributed by atoms with van der Waals surface area (Å²) in [7, 11) is 0. The molecule has 0 bridgehead atoms. The van der Waals surface area contributed by atoms with Crippen LogP contribution in [0.2, 0.25) is 0 Å². The summed E-state index contributed by atoms with van der Waals surface area (Å²) in [5.41, 5.74) is 1.62. The highest BCUT2D eigenvalue weighted by molar-refractivity contribution is 6.05. The molecule has 1 heterocycles. The van der Waals surface area contributed by atoms with Crippen LogP contribution in [0.15, 0.2) is 27.4 Å². The van der Waals surface area contributed by atoms with Gasteiger partial charge in [-0.1, -0.05) is 0 Å². The maximum atomic E-state index is 12.6.